The molecule has 19 heavy (non-hydrogen) atoms. The molecule has 0 saturated carbocycles. The van der Waals surface area contributed by atoms with E-state index in [1.165, 1.54) is 12.0 Å². The summed E-state index contributed by atoms with van der Waals surface area (Å²) in [6.07, 6.45) is -0.722. The number of likely N-dealkylation sites (tertiary alicyclic amines) is 1. The van der Waals surface area contributed by atoms with Gasteiger partial charge in [0.2, 0.25) is 0 Å². The first-order valence-corrected chi connectivity index (χ1v) is 5.89. The van der Waals surface area contributed by atoms with Crippen LogP contribution < -0.4 is 4.74 Å². The summed E-state index contributed by atoms with van der Waals surface area (Å²) in [5.74, 6) is -0.877. The van der Waals surface area contributed by atoms with Crippen LogP contribution in [-0.4, -0.2) is 52.8 Å². The Kier molecular flexibility index (Phi) is 3.71. The van der Waals surface area contributed by atoms with Crippen LogP contribution in [0.25, 0.3) is 0 Å². The van der Waals surface area contributed by atoms with Crippen LogP contribution in [0.3, 0.4) is 0 Å². The van der Waals surface area contributed by atoms with Gasteiger partial charge in [0, 0.05) is 18.5 Å². The highest BCUT2D eigenvalue weighted by Gasteiger charge is 2.39. The minimum atomic E-state index is -1.10. The molecule has 1 heterocycles. The molecule has 1 fully saturated rings. The Labute approximate surface area is 110 Å². The maximum atomic E-state index is 12.2. The normalized spacial score (nSPS) is 22.3. The van der Waals surface area contributed by atoms with Gasteiger partial charge in [-0.2, -0.15) is 0 Å². The topological polar surface area (TPSA) is 87.1 Å². The molecule has 1 aromatic rings. The Morgan fingerprint density at radius 3 is 2.47 bits per heavy atom. The Morgan fingerprint density at radius 2 is 1.95 bits per heavy atom. The zero-order chi connectivity index (χ0) is 14.0. The van der Waals surface area contributed by atoms with Crippen LogP contribution in [0, 0.1) is 0 Å². The molecule has 2 atom stereocenters. The summed E-state index contributed by atoms with van der Waals surface area (Å²) in [4.78, 5) is 24.5. The number of carbonyl (C=O) groups excluding carboxylic acids is 1. The van der Waals surface area contributed by atoms with Crippen LogP contribution in [0.5, 0.6) is 5.75 Å². The first-order chi connectivity index (χ1) is 9.02. The number of hydrogen-bond acceptors (Lipinski definition) is 4. The second-order valence-corrected chi connectivity index (χ2v) is 4.43. The Balaban J connectivity index is 2.20. The third-order valence-corrected chi connectivity index (χ3v) is 3.16. The van der Waals surface area contributed by atoms with Gasteiger partial charge in [-0.3, -0.25) is 4.79 Å². The standard InChI is InChI=1S/C13H15NO5/c1-19-10-4-2-8(3-5-10)12(16)14-7-9(15)6-11(14)13(17)18/h2-5,9,11,15H,6-7H2,1H3,(H,17,18)/t9-,11+/m1/s1. The highest BCUT2D eigenvalue weighted by molar-refractivity contribution is 5.97. The molecule has 0 aliphatic carbocycles. The highest BCUT2D eigenvalue weighted by Crippen LogP contribution is 2.22. The minimum absolute atomic E-state index is 0.0435. The number of ether oxygens (including phenoxy) is 1. The lowest BCUT2D eigenvalue weighted by Gasteiger charge is -2.21. The first-order valence-electron chi connectivity index (χ1n) is 5.89. The smallest absolute Gasteiger partial charge is 0.326 e. The van der Waals surface area contributed by atoms with Crippen LogP contribution >= 0.6 is 0 Å². The summed E-state index contributed by atoms with van der Waals surface area (Å²) in [6, 6.07) is 5.45. The summed E-state index contributed by atoms with van der Waals surface area (Å²) in [6.45, 7) is 0.0435. The molecule has 102 valence electrons. The van der Waals surface area contributed by atoms with Crippen molar-refractivity contribution >= 4 is 11.9 Å². The average Bonchev–Trinajstić information content (AvgIpc) is 2.80. The fourth-order valence-corrected chi connectivity index (χ4v) is 2.17. The van der Waals surface area contributed by atoms with Crippen LogP contribution in [-0.2, 0) is 4.79 Å². The molecule has 0 aromatic heterocycles. The zero-order valence-electron chi connectivity index (χ0n) is 10.4. The number of nitrogens with zero attached hydrogens (tertiary/aromatic N) is 1. The summed E-state index contributed by atoms with van der Waals surface area (Å²) >= 11 is 0. The van der Waals surface area contributed by atoms with E-state index in [2.05, 4.69) is 0 Å². The van der Waals surface area contributed by atoms with Crippen molar-refractivity contribution < 1.29 is 24.5 Å². The molecular weight excluding hydrogens is 250 g/mol. The Bertz CT molecular complexity index is 484. The number of benzene rings is 1. The summed E-state index contributed by atoms with van der Waals surface area (Å²) in [5, 5.41) is 18.6. The van der Waals surface area contributed by atoms with Crippen molar-refractivity contribution in [3.8, 4) is 5.75 Å². The third kappa shape index (κ3) is 2.68. The van der Waals surface area contributed by atoms with Gasteiger partial charge in [-0.05, 0) is 24.3 Å². The largest absolute Gasteiger partial charge is 0.497 e. The maximum absolute atomic E-state index is 12.2. The van der Waals surface area contributed by atoms with Crippen molar-refractivity contribution in [3.05, 3.63) is 29.8 Å². The highest BCUT2D eigenvalue weighted by atomic mass is 16.5. The molecule has 0 unspecified atom stereocenters. The van der Waals surface area contributed by atoms with E-state index in [4.69, 9.17) is 9.84 Å². The zero-order valence-corrected chi connectivity index (χ0v) is 10.4. The lowest BCUT2D eigenvalue weighted by atomic mass is 10.1. The quantitative estimate of drug-likeness (QED) is 0.823. The van der Waals surface area contributed by atoms with Crippen LogP contribution in [0.15, 0.2) is 24.3 Å². The number of carboxylic acids is 1. The molecule has 1 aromatic carbocycles. The summed E-state index contributed by atoms with van der Waals surface area (Å²) < 4.78 is 4.99. The van der Waals surface area contributed by atoms with Crippen LogP contribution in [0.4, 0.5) is 0 Å². The number of methoxy groups -OCH3 is 1. The van der Waals surface area contributed by atoms with Crippen molar-refractivity contribution in [1.29, 1.82) is 0 Å². The molecule has 0 spiro atoms. The van der Waals surface area contributed by atoms with Crippen LogP contribution in [0.2, 0.25) is 0 Å². The number of amides is 1. The molecular formula is C13H15NO5. The van der Waals surface area contributed by atoms with Gasteiger partial charge in [0.15, 0.2) is 0 Å². The predicted octanol–water partition coefficient (Wildman–Crippen LogP) is 0.355. The number of hydrogen-bond donors (Lipinski definition) is 2. The van der Waals surface area contributed by atoms with E-state index >= 15 is 0 Å². The van der Waals surface area contributed by atoms with E-state index in [9.17, 15) is 14.7 Å². The van der Waals surface area contributed by atoms with E-state index in [1.54, 1.807) is 24.3 Å². The lowest BCUT2D eigenvalue weighted by molar-refractivity contribution is -0.141. The number of rotatable bonds is 3. The number of β-amino-alcohol motifs (C(OH)–C–C–N with tert-alkyl or cyclic N) is 1. The van der Waals surface area contributed by atoms with E-state index in [-0.39, 0.29) is 13.0 Å². The number of aliphatic carboxylic acids is 1. The van der Waals surface area contributed by atoms with Gasteiger partial charge < -0.3 is 19.8 Å². The SMILES string of the molecule is COc1ccc(C(=O)N2C[C@H](O)C[C@H]2C(=O)O)cc1. The van der Waals surface area contributed by atoms with Gasteiger partial charge in [0.1, 0.15) is 11.8 Å². The second-order valence-electron chi connectivity index (χ2n) is 4.43. The van der Waals surface area contributed by atoms with Crippen LogP contribution in [0.1, 0.15) is 16.8 Å². The summed E-state index contributed by atoms with van der Waals surface area (Å²) in [5.41, 5.74) is 0.376. The fourth-order valence-electron chi connectivity index (χ4n) is 2.17. The number of aliphatic hydroxyl groups excluding tert-OH is 1. The van der Waals surface area contributed by atoms with E-state index < -0.39 is 24.0 Å². The van der Waals surface area contributed by atoms with Gasteiger partial charge in [-0.25, -0.2) is 4.79 Å². The number of carbonyl (C=O) groups is 2. The van der Waals surface area contributed by atoms with E-state index in [0.29, 0.717) is 11.3 Å². The van der Waals surface area contributed by atoms with E-state index in [1.807, 2.05) is 0 Å². The first kappa shape index (κ1) is 13.4. The van der Waals surface area contributed by atoms with Gasteiger partial charge in [-0.15, -0.1) is 0 Å². The van der Waals surface area contributed by atoms with Gasteiger partial charge in [-0.1, -0.05) is 0 Å². The molecule has 1 aliphatic heterocycles. The number of aliphatic hydroxyl groups is 1. The van der Waals surface area contributed by atoms with Gasteiger partial charge >= 0.3 is 5.97 Å². The predicted molar refractivity (Wildman–Crippen MR) is 66.1 cm³/mol. The molecule has 6 heteroatoms. The molecule has 1 saturated heterocycles. The molecule has 1 amide bonds. The Hall–Kier alpha value is -2.08. The Morgan fingerprint density at radius 1 is 1.32 bits per heavy atom. The molecule has 2 N–H and O–H groups in total. The van der Waals surface area contributed by atoms with Crippen molar-refractivity contribution in [2.45, 2.75) is 18.6 Å². The maximum Gasteiger partial charge on any atom is 0.326 e. The fraction of sp³-hybridized carbons (Fsp3) is 0.385. The second kappa shape index (κ2) is 5.27. The van der Waals surface area contributed by atoms with Crippen molar-refractivity contribution in [2.75, 3.05) is 13.7 Å². The molecule has 0 radical (unpaired) electrons. The molecule has 1 aliphatic rings. The summed E-state index contributed by atoms with van der Waals surface area (Å²) in [7, 11) is 1.52. The third-order valence-electron chi connectivity index (χ3n) is 3.16. The lowest BCUT2D eigenvalue weighted by Crippen LogP contribution is -2.40. The van der Waals surface area contributed by atoms with E-state index in [0.717, 1.165) is 0 Å². The average molecular weight is 265 g/mol. The van der Waals surface area contributed by atoms with Gasteiger partial charge in [0.25, 0.3) is 5.91 Å². The number of carboxylic acid groups (broad SMARTS) is 1. The van der Waals surface area contributed by atoms with Crippen molar-refractivity contribution in [3.63, 3.8) is 0 Å². The molecule has 0 bridgehead atoms. The van der Waals surface area contributed by atoms with Crippen molar-refractivity contribution in [1.82, 2.24) is 4.90 Å². The van der Waals surface area contributed by atoms with Gasteiger partial charge in [0.05, 0.1) is 13.2 Å². The molecule has 6 nitrogen and oxygen atoms in total. The monoisotopic (exact) mass is 265 g/mol. The minimum Gasteiger partial charge on any atom is -0.497 e. The van der Waals surface area contributed by atoms with Crippen molar-refractivity contribution in [2.24, 2.45) is 0 Å². The molecule has 2 rings (SSSR count).